The van der Waals surface area contributed by atoms with Gasteiger partial charge in [-0.15, -0.1) is 0 Å². The number of rotatable bonds is 4. The molecule has 0 aliphatic heterocycles. The fraction of sp³-hybridized carbons (Fsp3) is 0.273. The van der Waals surface area contributed by atoms with Crippen LogP contribution in [-0.4, -0.2) is 25.3 Å². The second-order valence-corrected chi connectivity index (χ2v) is 3.58. The minimum atomic E-state index is -0.465. The van der Waals surface area contributed by atoms with Gasteiger partial charge in [0, 0.05) is 31.3 Å². The third-order valence-electron chi connectivity index (χ3n) is 2.06. The molecule has 0 amide bonds. The van der Waals surface area contributed by atoms with Crippen LogP contribution >= 0.6 is 11.6 Å². The zero-order valence-electron chi connectivity index (χ0n) is 9.76. The summed E-state index contributed by atoms with van der Waals surface area (Å²) in [6.45, 7) is 1.29. The predicted molar refractivity (Wildman–Crippen MR) is 66.5 cm³/mol. The van der Waals surface area contributed by atoms with Crippen LogP contribution in [0.25, 0.3) is 0 Å². The van der Waals surface area contributed by atoms with Gasteiger partial charge in [-0.05, 0) is 6.07 Å². The first-order chi connectivity index (χ1) is 7.99. The summed E-state index contributed by atoms with van der Waals surface area (Å²) in [6, 6.07) is 3.10. The van der Waals surface area contributed by atoms with Gasteiger partial charge in [0.15, 0.2) is 11.5 Å². The van der Waals surface area contributed by atoms with E-state index in [9.17, 15) is 4.79 Å². The molecule has 5 nitrogen and oxygen atoms in total. The molecule has 1 aromatic carbocycles. The van der Waals surface area contributed by atoms with Crippen LogP contribution in [0.2, 0.25) is 0 Å². The molecule has 0 saturated carbocycles. The molecule has 0 bridgehead atoms. The Balaban J connectivity index is 3.33. The SMILES string of the molecule is CNc1cc(OC)c(OC(C)=O)cc1C(=N)Cl. The summed E-state index contributed by atoms with van der Waals surface area (Å²) < 4.78 is 10.1. The molecule has 0 atom stereocenters. The summed E-state index contributed by atoms with van der Waals surface area (Å²) in [4.78, 5) is 10.9. The van der Waals surface area contributed by atoms with E-state index in [1.807, 2.05) is 0 Å². The van der Waals surface area contributed by atoms with E-state index in [0.29, 0.717) is 17.0 Å². The standard InChI is InChI=1S/C11H13ClN2O3/c1-6(15)17-10-4-7(11(12)13)8(14-2)5-9(10)16-3/h4-5,13-14H,1-3H3. The number of carbonyl (C=O) groups is 1. The van der Waals surface area contributed by atoms with Crippen LogP contribution < -0.4 is 14.8 Å². The molecular weight excluding hydrogens is 244 g/mol. The molecule has 6 heteroatoms. The van der Waals surface area contributed by atoms with E-state index in [1.165, 1.54) is 20.1 Å². The van der Waals surface area contributed by atoms with Gasteiger partial charge in [-0.3, -0.25) is 10.2 Å². The first-order valence-electron chi connectivity index (χ1n) is 4.82. The summed E-state index contributed by atoms with van der Waals surface area (Å²) in [5.74, 6) is 0.165. The van der Waals surface area contributed by atoms with Crippen molar-refractivity contribution in [2.24, 2.45) is 0 Å². The average molecular weight is 257 g/mol. The lowest BCUT2D eigenvalue weighted by atomic mass is 10.1. The van der Waals surface area contributed by atoms with Gasteiger partial charge < -0.3 is 14.8 Å². The highest BCUT2D eigenvalue weighted by Crippen LogP contribution is 2.34. The van der Waals surface area contributed by atoms with Gasteiger partial charge in [-0.2, -0.15) is 0 Å². The van der Waals surface area contributed by atoms with Crippen LogP contribution in [0.3, 0.4) is 0 Å². The second kappa shape index (κ2) is 5.54. The molecule has 1 rings (SSSR count). The van der Waals surface area contributed by atoms with Crippen molar-refractivity contribution in [1.82, 2.24) is 0 Å². The van der Waals surface area contributed by atoms with Crippen LogP contribution in [-0.2, 0) is 4.79 Å². The van der Waals surface area contributed by atoms with Crippen LogP contribution in [0.15, 0.2) is 12.1 Å². The molecule has 0 aliphatic carbocycles. The Morgan fingerprint density at radius 1 is 1.41 bits per heavy atom. The smallest absolute Gasteiger partial charge is 0.308 e. The molecule has 2 N–H and O–H groups in total. The van der Waals surface area contributed by atoms with Gasteiger partial charge in [-0.25, -0.2) is 0 Å². The maximum absolute atomic E-state index is 10.9. The molecule has 0 unspecified atom stereocenters. The lowest BCUT2D eigenvalue weighted by Crippen LogP contribution is -2.06. The topological polar surface area (TPSA) is 71.4 Å². The van der Waals surface area contributed by atoms with E-state index in [2.05, 4.69) is 5.32 Å². The molecule has 0 heterocycles. The van der Waals surface area contributed by atoms with Gasteiger partial charge in [-0.1, -0.05) is 11.6 Å². The molecule has 0 radical (unpaired) electrons. The summed E-state index contributed by atoms with van der Waals surface area (Å²) in [5.41, 5.74) is 1.06. The lowest BCUT2D eigenvalue weighted by Gasteiger charge is -2.13. The number of benzene rings is 1. The molecule has 0 aromatic heterocycles. The minimum Gasteiger partial charge on any atom is -0.493 e. The minimum absolute atomic E-state index is 0.148. The van der Waals surface area contributed by atoms with Gasteiger partial charge in [0.2, 0.25) is 0 Å². The van der Waals surface area contributed by atoms with Crippen LogP contribution in [0, 0.1) is 5.41 Å². The normalized spacial score (nSPS) is 9.65. The van der Waals surface area contributed by atoms with E-state index in [4.69, 9.17) is 26.5 Å². The van der Waals surface area contributed by atoms with Gasteiger partial charge in [0.05, 0.1) is 7.11 Å². The molecule has 0 spiro atoms. The number of halogens is 1. The third kappa shape index (κ3) is 3.10. The zero-order chi connectivity index (χ0) is 13.0. The Bertz CT molecular complexity index is 460. The first kappa shape index (κ1) is 13.3. The summed E-state index contributed by atoms with van der Waals surface area (Å²) >= 11 is 5.65. The number of hydrogen-bond donors (Lipinski definition) is 2. The maximum atomic E-state index is 10.9. The highest BCUT2D eigenvalue weighted by atomic mass is 35.5. The molecule has 0 saturated heterocycles. The quantitative estimate of drug-likeness (QED) is 0.492. The third-order valence-corrected chi connectivity index (χ3v) is 2.27. The van der Waals surface area contributed by atoms with Gasteiger partial charge >= 0.3 is 5.97 Å². The number of nitrogens with one attached hydrogen (secondary N) is 2. The molecule has 92 valence electrons. The highest BCUT2D eigenvalue weighted by Gasteiger charge is 2.14. The Labute approximate surface area is 104 Å². The lowest BCUT2D eigenvalue weighted by molar-refractivity contribution is -0.132. The van der Waals surface area contributed by atoms with Crippen molar-refractivity contribution in [2.75, 3.05) is 19.5 Å². The predicted octanol–water partition coefficient (Wildman–Crippen LogP) is 2.23. The molecule has 1 aromatic rings. The number of anilines is 1. The van der Waals surface area contributed by atoms with Crippen LogP contribution in [0.5, 0.6) is 11.5 Å². The van der Waals surface area contributed by atoms with Crippen molar-refractivity contribution in [2.45, 2.75) is 6.92 Å². The van der Waals surface area contributed by atoms with E-state index in [-0.39, 0.29) is 10.9 Å². The highest BCUT2D eigenvalue weighted by molar-refractivity contribution is 6.69. The first-order valence-corrected chi connectivity index (χ1v) is 5.20. The summed E-state index contributed by atoms with van der Waals surface area (Å²) in [6.07, 6.45) is 0. The van der Waals surface area contributed by atoms with Crippen LogP contribution in [0.1, 0.15) is 12.5 Å². The fourth-order valence-corrected chi connectivity index (χ4v) is 1.50. The van der Waals surface area contributed by atoms with Crippen molar-refractivity contribution < 1.29 is 14.3 Å². The fourth-order valence-electron chi connectivity index (χ4n) is 1.34. The zero-order valence-corrected chi connectivity index (χ0v) is 10.5. The monoisotopic (exact) mass is 256 g/mol. The number of hydrogen-bond acceptors (Lipinski definition) is 5. The van der Waals surface area contributed by atoms with Crippen molar-refractivity contribution in [1.29, 1.82) is 5.41 Å². The molecule has 0 fully saturated rings. The number of carbonyl (C=O) groups excluding carboxylic acids is 1. The molecular formula is C11H13ClN2O3. The largest absolute Gasteiger partial charge is 0.493 e. The van der Waals surface area contributed by atoms with Gasteiger partial charge in [0.25, 0.3) is 0 Å². The van der Waals surface area contributed by atoms with Crippen molar-refractivity contribution in [3.8, 4) is 11.5 Å². The Morgan fingerprint density at radius 2 is 2.06 bits per heavy atom. The Morgan fingerprint density at radius 3 is 2.47 bits per heavy atom. The second-order valence-electron chi connectivity index (χ2n) is 3.21. The van der Waals surface area contributed by atoms with Crippen molar-refractivity contribution in [3.63, 3.8) is 0 Å². The summed E-state index contributed by atoms with van der Waals surface area (Å²) in [5, 5.41) is 10.2. The van der Waals surface area contributed by atoms with E-state index >= 15 is 0 Å². The van der Waals surface area contributed by atoms with E-state index in [1.54, 1.807) is 13.1 Å². The summed E-state index contributed by atoms with van der Waals surface area (Å²) in [7, 11) is 3.16. The Kier molecular flexibility index (Phi) is 4.34. The number of esters is 1. The van der Waals surface area contributed by atoms with Gasteiger partial charge in [0.1, 0.15) is 5.17 Å². The maximum Gasteiger partial charge on any atom is 0.308 e. The van der Waals surface area contributed by atoms with Crippen molar-refractivity contribution >= 4 is 28.4 Å². The average Bonchev–Trinajstić information content (AvgIpc) is 2.27. The van der Waals surface area contributed by atoms with Crippen LogP contribution in [0.4, 0.5) is 5.69 Å². The number of ether oxygens (including phenoxy) is 2. The molecule has 17 heavy (non-hydrogen) atoms. The molecule has 0 aliphatic rings. The van der Waals surface area contributed by atoms with E-state index in [0.717, 1.165) is 0 Å². The van der Waals surface area contributed by atoms with Crippen molar-refractivity contribution in [3.05, 3.63) is 17.7 Å². The van der Waals surface area contributed by atoms with E-state index < -0.39 is 5.97 Å². The number of methoxy groups -OCH3 is 1. The Hall–Kier alpha value is -1.75.